The van der Waals surface area contributed by atoms with Crippen LogP contribution in [-0.4, -0.2) is 66.5 Å². The topological polar surface area (TPSA) is 155 Å². The first-order chi connectivity index (χ1) is 35.2. The van der Waals surface area contributed by atoms with Gasteiger partial charge < -0.3 is 24.2 Å². The van der Waals surface area contributed by atoms with Crippen LogP contribution in [0.15, 0.2) is 122 Å². The molecule has 0 fully saturated rings. The number of aliphatic hydroxyl groups is 1. The Bertz CT molecular complexity index is 1670. The van der Waals surface area contributed by atoms with Crippen molar-refractivity contribution in [1.82, 2.24) is 0 Å². The predicted octanol–water partition coefficient (Wildman–Crippen LogP) is 16.0. The average molecular weight is 1030 g/mol. The normalized spacial score (nSPS) is 14.3. The van der Waals surface area contributed by atoms with Crippen LogP contribution < -0.4 is 0 Å². The third-order valence-electron chi connectivity index (χ3n) is 10.8. The summed E-state index contributed by atoms with van der Waals surface area (Å²) in [6.45, 7) is 4.21. The van der Waals surface area contributed by atoms with Crippen LogP contribution in [0.1, 0.15) is 201 Å². The minimum Gasteiger partial charge on any atom is -0.462 e. The summed E-state index contributed by atoms with van der Waals surface area (Å²) in [5.41, 5.74) is 0. The largest absolute Gasteiger partial charge is 0.472 e. The van der Waals surface area contributed by atoms with Gasteiger partial charge in [-0.3, -0.25) is 23.4 Å². The highest BCUT2D eigenvalue weighted by molar-refractivity contribution is 7.47. The molecule has 0 aromatic heterocycles. The highest BCUT2D eigenvalue weighted by Gasteiger charge is 2.28. The SMILES string of the molecule is CC/C=C\C/C=C\C/C=C\C/C=C\CCCCCCCCC(=O)OCC(COP(=O)(O)OCC(CO)OC(=O)CCCCCCC/C=C\C/C=C\CCC)OC(=O)CC/C=C\C/C=C\C/C=C\C/C=C\CC. The Balaban J connectivity index is 4.83. The number of aliphatic hydroxyl groups excluding tert-OH is 1. The van der Waals surface area contributed by atoms with Crippen molar-refractivity contribution in [2.45, 2.75) is 213 Å². The molecule has 11 nitrogen and oxygen atoms in total. The van der Waals surface area contributed by atoms with Gasteiger partial charge in [0.15, 0.2) is 6.10 Å². The molecule has 0 aliphatic heterocycles. The van der Waals surface area contributed by atoms with E-state index in [0.29, 0.717) is 19.3 Å². The first-order valence-electron chi connectivity index (χ1n) is 27.4. The van der Waals surface area contributed by atoms with Gasteiger partial charge in [0.05, 0.1) is 19.8 Å². The second-order valence-electron chi connectivity index (χ2n) is 17.6. The lowest BCUT2D eigenvalue weighted by atomic mass is 10.1. The molecule has 0 saturated heterocycles. The molecular weight excluding hydrogens is 928 g/mol. The van der Waals surface area contributed by atoms with Crippen LogP contribution in [-0.2, 0) is 42.2 Å². The summed E-state index contributed by atoms with van der Waals surface area (Å²) < 4.78 is 39.3. The van der Waals surface area contributed by atoms with Crippen molar-refractivity contribution < 1.29 is 52.2 Å². The zero-order chi connectivity index (χ0) is 52.7. The summed E-state index contributed by atoms with van der Waals surface area (Å²) >= 11 is 0. The van der Waals surface area contributed by atoms with E-state index in [1.807, 2.05) is 12.2 Å². The number of phosphoric ester groups is 1. The van der Waals surface area contributed by atoms with Gasteiger partial charge in [0.2, 0.25) is 0 Å². The monoisotopic (exact) mass is 1020 g/mol. The maximum Gasteiger partial charge on any atom is 0.472 e. The van der Waals surface area contributed by atoms with Crippen LogP contribution in [0, 0.1) is 0 Å². The number of phosphoric acid groups is 1. The lowest BCUT2D eigenvalue weighted by Crippen LogP contribution is -2.30. The minimum atomic E-state index is -4.78. The van der Waals surface area contributed by atoms with Gasteiger partial charge in [-0.25, -0.2) is 4.57 Å². The van der Waals surface area contributed by atoms with Crippen LogP contribution in [0.5, 0.6) is 0 Å². The van der Waals surface area contributed by atoms with E-state index in [0.717, 1.165) is 141 Å². The Hall–Kier alpha value is -4.12. The summed E-state index contributed by atoms with van der Waals surface area (Å²) in [4.78, 5) is 48.4. The molecule has 408 valence electrons. The fourth-order valence-corrected chi connectivity index (χ4v) is 7.53. The Labute approximate surface area is 437 Å². The van der Waals surface area contributed by atoms with Crippen molar-refractivity contribution in [2.75, 3.05) is 26.4 Å². The predicted molar refractivity (Wildman–Crippen MR) is 297 cm³/mol. The lowest BCUT2D eigenvalue weighted by molar-refractivity contribution is -0.161. The molecule has 2 N–H and O–H groups in total. The van der Waals surface area contributed by atoms with E-state index in [4.69, 9.17) is 23.3 Å². The molecule has 0 aromatic rings. The van der Waals surface area contributed by atoms with Crippen molar-refractivity contribution in [1.29, 1.82) is 0 Å². The molecule has 0 aliphatic rings. The minimum absolute atomic E-state index is 0.0357. The summed E-state index contributed by atoms with van der Waals surface area (Å²) in [7, 11) is -4.78. The van der Waals surface area contributed by atoms with E-state index in [-0.39, 0.29) is 25.9 Å². The van der Waals surface area contributed by atoms with Gasteiger partial charge in [-0.2, -0.15) is 0 Å². The zero-order valence-electron chi connectivity index (χ0n) is 44.8. The van der Waals surface area contributed by atoms with Crippen molar-refractivity contribution >= 4 is 25.7 Å². The molecule has 72 heavy (non-hydrogen) atoms. The van der Waals surface area contributed by atoms with E-state index >= 15 is 0 Å². The van der Waals surface area contributed by atoms with E-state index < -0.39 is 57.8 Å². The number of allylic oxidation sites excluding steroid dienone is 20. The molecule has 0 spiro atoms. The van der Waals surface area contributed by atoms with Crippen LogP contribution in [0.25, 0.3) is 0 Å². The summed E-state index contributed by atoms with van der Waals surface area (Å²) in [6.07, 6.45) is 64.7. The molecule has 0 heterocycles. The van der Waals surface area contributed by atoms with Crippen LogP contribution in [0.2, 0.25) is 0 Å². The molecule has 3 unspecified atom stereocenters. The fraction of sp³-hybridized carbons (Fsp3) is 0.617. The standard InChI is InChI=1S/C60H97O11P/c1-4-7-10-13-16-19-22-25-26-27-28-29-30-33-34-37-40-43-46-49-58(62)67-53-57(71-60(64)51-48-45-42-39-36-32-24-21-18-15-12-9-6-3)55-69-72(65,66)68-54-56(52-61)70-59(63)50-47-44-41-38-35-31-23-20-17-14-11-8-5-2/h7,9-12,14,16,18-21,23,25-26,28-29,32,36,42,45,56-57,61H,4-6,8,13,15,17,22,24,27,30-31,33-35,37-41,43-44,46-55H2,1-3H3,(H,65,66)/b10-7-,12-9-,14-11-,19-16-,21-18-,23-20-,26-25-,29-28-,36-32-,45-42-. The molecule has 12 heteroatoms. The first kappa shape index (κ1) is 67.9. The highest BCUT2D eigenvalue weighted by atomic mass is 31.2. The van der Waals surface area contributed by atoms with Crippen LogP contribution >= 0.6 is 7.82 Å². The van der Waals surface area contributed by atoms with Crippen molar-refractivity contribution in [2.24, 2.45) is 0 Å². The quantitative estimate of drug-likeness (QED) is 0.0197. The molecule has 3 atom stereocenters. The molecule has 0 aromatic carbocycles. The third-order valence-corrected chi connectivity index (χ3v) is 11.8. The number of hydrogen-bond donors (Lipinski definition) is 2. The second kappa shape index (κ2) is 53.2. The van der Waals surface area contributed by atoms with Gasteiger partial charge in [0, 0.05) is 19.3 Å². The number of ether oxygens (including phenoxy) is 3. The lowest BCUT2D eigenvalue weighted by Gasteiger charge is -2.21. The van der Waals surface area contributed by atoms with Crippen LogP contribution in [0.4, 0.5) is 0 Å². The number of esters is 3. The van der Waals surface area contributed by atoms with Gasteiger partial charge in [-0.15, -0.1) is 0 Å². The molecule has 0 rings (SSSR count). The maximum atomic E-state index is 12.9. The van der Waals surface area contributed by atoms with Gasteiger partial charge in [-0.05, 0) is 109 Å². The smallest absolute Gasteiger partial charge is 0.462 e. The number of unbranched alkanes of at least 4 members (excludes halogenated alkanes) is 12. The summed E-state index contributed by atoms with van der Waals surface area (Å²) in [6, 6.07) is 0. The van der Waals surface area contributed by atoms with Gasteiger partial charge >= 0.3 is 25.7 Å². The van der Waals surface area contributed by atoms with E-state index in [1.165, 1.54) is 0 Å². The number of carbonyl (C=O) groups is 3. The van der Waals surface area contributed by atoms with E-state index in [1.54, 1.807) is 0 Å². The number of hydrogen-bond acceptors (Lipinski definition) is 10. The third kappa shape index (κ3) is 50.8. The molecule has 0 amide bonds. The molecule has 0 saturated carbocycles. The Morgan fingerprint density at radius 1 is 0.403 bits per heavy atom. The first-order valence-corrected chi connectivity index (χ1v) is 28.9. The Kier molecular flexibility index (Phi) is 50.1. The van der Waals surface area contributed by atoms with Crippen molar-refractivity contribution in [3.8, 4) is 0 Å². The van der Waals surface area contributed by atoms with Crippen molar-refractivity contribution in [3.05, 3.63) is 122 Å². The Morgan fingerprint density at radius 2 is 0.750 bits per heavy atom. The van der Waals surface area contributed by atoms with Crippen molar-refractivity contribution in [3.63, 3.8) is 0 Å². The molecule has 0 bridgehead atoms. The number of carbonyl (C=O) groups excluding carboxylic acids is 3. The fourth-order valence-electron chi connectivity index (χ4n) is 6.75. The molecule has 0 radical (unpaired) electrons. The summed E-state index contributed by atoms with van der Waals surface area (Å²) in [5, 5.41) is 9.79. The molecule has 0 aliphatic carbocycles. The van der Waals surface area contributed by atoms with Gasteiger partial charge in [0.1, 0.15) is 12.7 Å². The number of rotatable bonds is 49. The highest BCUT2D eigenvalue weighted by Crippen LogP contribution is 2.43. The average Bonchev–Trinajstić information content (AvgIpc) is 3.37. The van der Waals surface area contributed by atoms with E-state index in [9.17, 15) is 28.9 Å². The maximum absolute atomic E-state index is 12.9. The molecular formula is C60H97O11P. The summed E-state index contributed by atoms with van der Waals surface area (Å²) in [5.74, 6) is -1.61. The van der Waals surface area contributed by atoms with Crippen LogP contribution in [0.3, 0.4) is 0 Å². The van der Waals surface area contributed by atoms with Gasteiger partial charge in [-0.1, -0.05) is 194 Å². The van der Waals surface area contributed by atoms with Gasteiger partial charge in [0.25, 0.3) is 0 Å². The van der Waals surface area contributed by atoms with E-state index in [2.05, 4.69) is 130 Å². The zero-order valence-corrected chi connectivity index (χ0v) is 45.7. The Morgan fingerprint density at radius 3 is 1.19 bits per heavy atom. The second-order valence-corrected chi connectivity index (χ2v) is 19.1.